The molecular formula is C23H23F3N4O4. The maximum atomic E-state index is 13.4. The van der Waals surface area contributed by atoms with E-state index in [4.69, 9.17) is 20.5 Å². The summed E-state index contributed by atoms with van der Waals surface area (Å²) in [6.45, 7) is 0.196. The maximum Gasteiger partial charge on any atom is 0.417 e. The average molecular weight is 476 g/mol. The second kappa shape index (κ2) is 9.91. The Morgan fingerprint density at radius 1 is 1.12 bits per heavy atom. The van der Waals surface area contributed by atoms with Gasteiger partial charge in [0.15, 0.2) is 11.5 Å². The Bertz CT molecular complexity index is 1130. The highest BCUT2D eigenvalue weighted by Crippen LogP contribution is 2.35. The minimum absolute atomic E-state index is 0.0285. The molecule has 0 bridgehead atoms. The molecule has 180 valence electrons. The van der Waals surface area contributed by atoms with E-state index in [1.165, 1.54) is 31.3 Å². The van der Waals surface area contributed by atoms with Crippen molar-refractivity contribution in [1.82, 2.24) is 4.90 Å². The highest BCUT2D eigenvalue weighted by molar-refractivity contribution is 5.88. The first-order valence-corrected chi connectivity index (χ1v) is 10.2. The Morgan fingerprint density at radius 2 is 1.82 bits per heavy atom. The fourth-order valence-electron chi connectivity index (χ4n) is 3.89. The first-order valence-electron chi connectivity index (χ1n) is 10.2. The number of piperazine rings is 1. The zero-order chi connectivity index (χ0) is 25.0. The first-order chi connectivity index (χ1) is 16.1. The highest BCUT2D eigenvalue weighted by Gasteiger charge is 2.37. The lowest BCUT2D eigenvalue weighted by molar-refractivity contribution is -0.139. The van der Waals surface area contributed by atoms with Gasteiger partial charge in [-0.05, 0) is 35.9 Å². The zero-order valence-corrected chi connectivity index (χ0v) is 18.6. The summed E-state index contributed by atoms with van der Waals surface area (Å²) < 4.78 is 50.5. The number of carbonyl (C=O) groups is 2. The van der Waals surface area contributed by atoms with Crippen molar-refractivity contribution >= 4 is 17.5 Å². The van der Waals surface area contributed by atoms with Crippen LogP contribution in [0.5, 0.6) is 11.5 Å². The van der Waals surface area contributed by atoms with E-state index >= 15 is 0 Å². The molecular weight excluding hydrogens is 453 g/mol. The van der Waals surface area contributed by atoms with Crippen molar-refractivity contribution in [1.29, 1.82) is 5.26 Å². The van der Waals surface area contributed by atoms with Crippen LogP contribution in [-0.4, -0.2) is 56.6 Å². The van der Waals surface area contributed by atoms with E-state index < -0.39 is 29.3 Å². The average Bonchev–Trinajstić information content (AvgIpc) is 2.82. The fraction of sp³-hybridized carbons (Fsp3) is 0.348. The van der Waals surface area contributed by atoms with Gasteiger partial charge < -0.3 is 25.0 Å². The summed E-state index contributed by atoms with van der Waals surface area (Å²) in [6, 6.07) is 8.86. The van der Waals surface area contributed by atoms with Gasteiger partial charge in [-0.15, -0.1) is 0 Å². The van der Waals surface area contributed by atoms with E-state index in [-0.39, 0.29) is 37.6 Å². The van der Waals surface area contributed by atoms with Gasteiger partial charge in [0.05, 0.1) is 37.8 Å². The van der Waals surface area contributed by atoms with Crippen LogP contribution >= 0.6 is 0 Å². The van der Waals surface area contributed by atoms with Crippen molar-refractivity contribution in [3.8, 4) is 17.6 Å². The maximum absolute atomic E-state index is 13.4. The van der Waals surface area contributed by atoms with Crippen LogP contribution in [0.3, 0.4) is 0 Å². The van der Waals surface area contributed by atoms with Crippen LogP contribution < -0.4 is 20.1 Å². The van der Waals surface area contributed by atoms with E-state index in [2.05, 4.69) is 0 Å². The molecule has 2 N–H and O–H groups in total. The normalized spacial score (nSPS) is 16.1. The van der Waals surface area contributed by atoms with E-state index in [1.807, 2.05) is 0 Å². The highest BCUT2D eigenvalue weighted by atomic mass is 19.4. The summed E-state index contributed by atoms with van der Waals surface area (Å²) in [6.07, 6.45) is -4.74. The number of anilines is 1. The second-order valence-corrected chi connectivity index (χ2v) is 7.66. The third-order valence-electron chi connectivity index (χ3n) is 5.63. The molecule has 11 heteroatoms. The smallest absolute Gasteiger partial charge is 0.417 e. The Kier molecular flexibility index (Phi) is 7.20. The van der Waals surface area contributed by atoms with E-state index in [0.717, 1.165) is 12.1 Å². The molecule has 1 saturated heterocycles. The Labute approximate surface area is 194 Å². The van der Waals surface area contributed by atoms with Crippen LogP contribution in [-0.2, 0) is 22.2 Å². The molecule has 34 heavy (non-hydrogen) atoms. The first kappa shape index (κ1) is 24.7. The van der Waals surface area contributed by atoms with Gasteiger partial charge in [-0.1, -0.05) is 6.07 Å². The molecule has 1 unspecified atom stereocenters. The minimum Gasteiger partial charge on any atom is -0.493 e. The molecule has 2 amide bonds. The number of ether oxygens (including phenoxy) is 2. The van der Waals surface area contributed by atoms with Gasteiger partial charge in [0.25, 0.3) is 0 Å². The molecule has 0 aliphatic carbocycles. The van der Waals surface area contributed by atoms with Gasteiger partial charge in [-0.25, -0.2) is 0 Å². The minimum atomic E-state index is -4.71. The monoisotopic (exact) mass is 476 g/mol. The summed E-state index contributed by atoms with van der Waals surface area (Å²) in [4.78, 5) is 28.0. The third kappa shape index (κ3) is 5.17. The number of carbonyl (C=O) groups excluding carboxylic acids is 2. The second-order valence-electron chi connectivity index (χ2n) is 7.66. The van der Waals surface area contributed by atoms with Gasteiger partial charge in [0.1, 0.15) is 6.04 Å². The molecule has 0 aromatic heterocycles. The number of nitrogens with two attached hydrogens (primary N) is 1. The van der Waals surface area contributed by atoms with Crippen molar-refractivity contribution in [2.24, 2.45) is 5.73 Å². The van der Waals surface area contributed by atoms with Crippen LogP contribution in [0, 0.1) is 11.3 Å². The van der Waals surface area contributed by atoms with Crippen LogP contribution in [0.4, 0.5) is 18.9 Å². The topological polar surface area (TPSA) is 109 Å². The quantitative estimate of drug-likeness (QED) is 0.686. The Hall–Kier alpha value is -3.94. The molecule has 1 fully saturated rings. The lowest BCUT2D eigenvalue weighted by Crippen LogP contribution is -2.60. The number of nitriles is 1. The number of rotatable bonds is 6. The molecule has 8 nitrogen and oxygen atoms in total. The molecule has 2 aromatic rings. The van der Waals surface area contributed by atoms with Crippen molar-refractivity contribution < 1.29 is 32.2 Å². The number of hydrogen-bond acceptors (Lipinski definition) is 6. The largest absolute Gasteiger partial charge is 0.493 e. The number of nitrogens with zero attached hydrogens (tertiary/aromatic N) is 3. The molecule has 1 aliphatic heterocycles. The van der Waals surface area contributed by atoms with Crippen molar-refractivity contribution in [3.63, 3.8) is 0 Å². The molecule has 2 aromatic carbocycles. The van der Waals surface area contributed by atoms with Gasteiger partial charge >= 0.3 is 6.18 Å². The third-order valence-corrected chi connectivity index (χ3v) is 5.63. The molecule has 3 rings (SSSR count). The SMILES string of the molecule is COc1ccc(CC(=O)N2CCN(c3ccc(C#N)c(C(F)(F)F)c3)CC2C(N)=O)cc1OC. The number of halogens is 3. The summed E-state index contributed by atoms with van der Waals surface area (Å²) >= 11 is 0. The summed E-state index contributed by atoms with van der Waals surface area (Å²) in [5.41, 5.74) is 4.80. The lowest BCUT2D eigenvalue weighted by Gasteiger charge is -2.41. The van der Waals surface area contributed by atoms with Crippen LogP contribution in [0.1, 0.15) is 16.7 Å². The summed E-state index contributed by atoms with van der Waals surface area (Å²) in [7, 11) is 2.96. The van der Waals surface area contributed by atoms with Gasteiger partial charge in [-0.3, -0.25) is 9.59 Å². The molecule has 0 spiro atoms. The van der Waals surface area contributed by atoms with Crippen molar-refractivity contribution in [2.45, 2.75) is 18.6 Å². The number of methoxy groups -OCH3 is 2. The van der Waals surface area contributed by atoms with Crippen LogP contribution in [0.15, 0.2) is 36.4 Å². The van der Waals surface area contributed by atoms with E-state index in [9.17, 15) is 22.8 Å². The predicted molar refractivity (Wildman–Crippen MR) is 116 cm³/mol. The number of alkyl halides is 3. The Balaban J connectivity index is 1.80. The van der Waals surface area contributed by atoms with E-state index in [0.29, 0.717) is 17.1 Å². The number of hydrogen-bond donors (Lipinski definition) is 1. The number of amides is 2. The van der Waals surface area contributed by atoms with Gasteiger partial charge in [0.2, 0.25) is 11.8 Å². The summed E-state index contributed by atoms with van der Waals surface area (Å²) in [5, 5.41) is 8.99. The summed E-state index contributed by atoms with van der Waals surface area (Å²) in [5.74, 6) is -0.171. The van der Waals surface area contributed by atoms with Crippen LogP contribution in [0.25, 0.3) is 0 Å². The van der Waals surface area contributed by atoms with Gasteiger partial charge in [0, 0.05) is 25.3 Å². The molecule has 0 saturated carbocycles. The number of primary amides is 1. The molecule has 1 heterocycles. The Morgan fingerprint density at radius 3 is 2.41 bits per heavy atom. The van der Waals surface area contributed by atoms with Crippen molar-refractivity contribution in [2.75, 3.05) is 38.8 Å². The molecule has 1 atom stereocenters. The molecule has 1 aliphatic rings. The fourth-order valence-corrected chi connectivity index (χ4v) is 3.89. The lowest BCUT2D eigenvalue weighted by atomic mass is 10.0. The predicted octanol–water partition coefficient (Wildman–Crippen LogP) is 2.34. The zero-order valence-electron chi connectivity index (χ0n) is 18.6. The standard InChI is InChI=1S/C23H23F3N4O4/c1-33-19-6-3-14(9-20(19)34-2)10-21(31)30-8-7-29(13-18(30)22(28)32)16-5-4-15(12-27)17(11-16)23(24,25)26/h3-6,9,11,18H,7-8,10,13H2,1-2H3,(H2,28,32). The van der Waals surface area contributed by atoms with E-state index in [1.54, 1.807) is 23.1 Å². The molecule has 0 radical (unpaired) electrons. The number of benzene rings is 2. The van der Waals surface area contributed by atoms with Gasteiger partial charge in [-0.2, -0.15) is 18.4 Å². The van der Waals surface area contributed by atoms with Crippen LogP contribution in [0.2, 0.25) is 0 Å². The van der Waals surface area contributed by atoms with Crippen molar-refractivity contribution in [3.05, 3.63) is 53.1 Å².